The molecule has 0 radical (unpaired) electrons. The fourth-order valence-corrected chi connectivity index (χ4v) is 2.55. The molecule has 1 atom stereocenters. The topological polar surface area (TPSA) is 66.5 Å². The first-order valence-corrected chi connectivity index (χ1v) is 6.90. The SMILES string of the molecule is CC.O=C1CCC(N2C(=O)Cc3ccccc32)C(=O)N1. The van der Waals surface area contributed by atoms with Crippen LogP contribution in [0.5, 0.6) is 0 Å². The molecule has 1 saturated heterocycles. The average molecular weight is 274 g/mol. The number of hydrogen-bond acceptors (Lipinski definition) is 3. The van der Waals surface area contributed by atoms with Gasteiger partial charge in [0.25, 0.3) is 0 Å². The molecule has 1 aromatic rings. The van der Waals surface area contributed by atoms with Crippen LogP contribution in [-0.4, -0.2) is 23.8 Å². The van der Waals surface area contributed by atoms with Crippen molar-refractivity contribution in [2.24, 2.45) is 0 Å². The quantitative estimate of drug-likeness (QED) is 0.787. The van der Waals surface area contributed by atoms with Crippen molar-refractivity contribution in [1.82, 2.24) is 5.32 Å². The number of fused-ring (bicyclic) bond motifs is 1. The molecule has 1 aromatic carbocycles. The number of nitrogens with zero attached hydrogens (tertiary/aromatic N) is 1. The summed E-state index contributed by atoms with van der Waals surface area (Å²) < 4.78 is 0. The Morgan fingerprint density at radius 2 is 1.85 bits per heavy atom. The largest absolute Gasteiger partial charge is 0.299 e. The van der Waals surface area contributed by atoms with E-state index in [1.54, 1.807) is 0 Å². The molecule has 0 bridgehead atoms. The molecule has 2 heterocycles. The molecule has 1 N–H and O–H groups in total. The number of para-hydroxylation sites is 1. The maximum absolute atomic E-state index is 12.0. The highest BCUT2D eigenvalue weighted by atomic mass is 16.2. The number of imide groups is 1. The number of benzene rings is 1. The second-order valence-electron chi connectivity index (χ2n) is 4.54. The molecule has 0 aromatic heterocycles. The summed E-state index contributed by atoms with van der Waals surface area (Å²) in [5, 5.41) is 2.29. The van der Waals surface area contributed by atoms with Crippen molar-refractivity contribution in [3.05, 3.63) is 29.8 Å². The summed E-state index contributed by atoms with van der Waals surface area (Å²) in [7, 11) is 0. The van der Waals surface area contributed by atoms with Gasteiger partial charge < -0.3 is 0 Å². The van der Waals surface area contributed by atoms with Gasteiger partial charge in [0.05, 0.1) is 6.42 Å². The van der Waals surface area contributed by atoms with Crippen LogP contribution in [0.1, 0.15) is 32.3 Å². The van der Waals surface area contributed by atoms with Gasteiger partial charge in [-0.3, -0.25) is 24.6 Å². The minimum atomic E-state index is -0.557. The normalized spacial score (nSPS) is 21.0. The van der Waals surface area contributed by atoms with Crippen molar-refractivity contribution in [3.63, 3.8) is 0 Å². The molecular formula is C15H18N2O3. The summed E-state index contributed by atoms with van der Waals surface area (Å²) in [6, 6.07) is 6.89. The van der Waals surface area contributed by atoms with Crippen LogP contribution in [0.2, 0.25) is 0 Å². The molecule has 3 amide bonds. The highest BCUT2D eigenvalue weighted by molar-refractivity contribution is 6.10. The first kappa shape index (κ1) is 14.2. The van der Waals surface area contributed by atoms with Crippen LogP contribution in [0, 0.1) is 0 Å². The lowest BCUT2D eigenvalue weighted by molar-refractivity contribution is -0.135. The standard InChI is InChI=1S/C13H12N2O3.C2H6/c16-11-6-5-10(13(18)14-11)15-9-4-2-1-3-8(9)7-12(15)17;1-2/h1-4,10H,5-7H2,(H,14,16,18);1-2H3. The summed E-state index contributed by atoms with van der Waals surface area (Å²) in [4.78, 5) is 36.5. The van der Waals surface area contributed by atoms with E-state index in [-0.39, 0.29) is 24.1 Å². The zero-order chi connectivity index (χ0) is 14.7. The van der Waals surface area contributed by atoms with Crippen LogP contribution in [0.4, 0.5) is 5.69 Å². The van der Waals surface area contributed by atoms with Crippen LogP contribution in [-0.2, 0) is 20.8 Å². The summed E-state index contributed by atoms with van der Waals surface area (Å²) in [6.45, 7) is 4.00. The van der Waals surface area contributed by atoms with E-state index in [0.29, 0.717) is 12.8 Å². The predicted molar refractivity (Wildman–Crippen MR) is 75.2 cm³/mol. The van der Waals surface area contributed by atoms with E-state index in [2.05, 4.69) is 5.32 Å². The summed E-state index contributed by atoms with van der Waals surface area (Å²) in [5.74, 6) is -0.724. The van der Waals surface area contributed by atoms with Gasteiger partial charge in [-0.1, -0.05) is 32.0 Å². The van der Waals surface area contributed by atoms with Crippen molar-refractivity contribution in [2.45, 2.75) is 39.2 Å². The number of piperidine rings is 1. The van der Waals surface area contributed by atoms with Gasteiger partial charge in [0.15, 0.2) is 0 Å². The third kappa shape index (κ3) is 2.43. The lowest BCUT2D eigenvalue weighted by Crippen LogP contribution is -2.53. The minimum Gasteiger partial charge on any atom is -0.299 e. The first-order valence-electron chi connectivity index (χ1n) is 6.90. The monoisotopic (exact) mass is 274 g/mol. The van der Waals surface area contributed by atoms with E-state index >= 15 is 0 Å². The Labute approximate surface area is 118 Å². The molecule has 0 spiro atoms. The van der Waals surface area contributed by atoms with Gasteiger partial charge in [0, 0.05) is 12.1 Å². The maximum Gasteiger partial charge on any atom is 0.249 e. The Balaban J connectivity index is 0.000000704. The third-order valence-corrected chi connectivity index (χ3v) is 3.38. The first-order chi connectivity index (χ1) is 9.66. The Hall–Kier alpha value is -2.17. The van der Waals surface area contributed by atoms with Crippen LogP contribution >= 0.6 is 0 Å². The number of hydrogen-bond donors (Lipinski definition) is 1. The summed E-state index contributed by atoms with van der Waals surface area (Å²) in [6.07, 6.45) is 1.00. The fourth-order valence-electron chi connectivity index (χ4n) is 2.55. The third-order valence-electron chi connectivity index (χ3n) is 3.38. The second-order valence-corrected chi connectivity index (χ2v) is 4.54. The molecule has 106 valence electrons. The van der Waals surface area contributed by atoms with Gasteiger partial charge in [-0.2, -0.15) is 0 Å². The lowest BCUT2D eigenvalue weighted by Gasteiger charge is -2.30. The highest BCUT2D eigenvalue weighted by Crippen LogP contribution is 2.32. The summed E-state index contributed by atoms with van der Waals surface area (Å²) >= 11 is 0. The molecule has 3 rings (SSSR count). The van der Waals surface area contributed by atoms with Crippen molar-refractivity contribution >= 4 is 23.4 Å². The van der Waals surface area contributed by atoms with Gasteiger partial charge in [-0.25, -0.2) is 0 Å². The van der Waals surface area contributed by atoms with Gasteiger partial charge >= 0.3 is 0 Å². The zero-order valence-electron chi connectivity index (χ0n) is 11.7. The smallest absolute Gasteiger partial charge is 0.249 e. The Morgan fingerprint density at radius 3 is 2.55 bits per heavy atom. The van der Waals surface area contributed by atoms with Crippen molar-refractivity contribution < 1.29 is 14.4 Å². The minimum absolute atomic E-state index is 0.0781. The van der Waals surface area contributed by atoms with Crippen LogP contribution in [0.15, 0.2) is 24.3 Å². The van der Waals surface area contributed by atoms with E-state index in [0.717, 1.165) is 11.3 Å². The van der Waals surface area contributed by atoms with Gasteiger partial charge in [-0.15, -0.1) is 0 Å². The average Bonchev–Trinajstić information content (AvgIpc) is 2.77. The van der Waals surface area contributed by atoms with Crippen LogP contribution in [0.25, 0.3) is 0 Å². The lowest BCUT2D eigenvalue weighted by atomic mass is 10.0. The van der Waals surface area contributed by atoms with E-state index in [1.165, 1.54) is 4.90 Å². The fraction of sp³-hybridized carbons (Fsp3) is 0.400. The number of amides is 3. The summed E-state index contributed by atoms with van der Waals surface area (Å²) in [5.41, 5.74) is 1.73. The molecule has 20 heavy (non-hydrogen) atoms. The van der Waals surface area contributed by atoms with E-state index in [9.17, 15) is 14.4 Å². The Bertz CT molecular complexity index is 554. The second kappa shape index (κ2) is 5.86. The molecule has 2 aliphatic rings. The predicted octanol–water partition coefficient (Wildman–Crippen LogP) is 1.41. The van der Waals surface area contributed by atoms with Crippen molar-refractivity contribution in [2.75, 3.05) is 4.90 Å². The molecular weight excluding hydrogens is 256 g/mol. The van der Waals surface area contributed by atoms with Crippen molar-refractivity contribution in [3.8, 4) is 0 Å². The maximum atomic E-state index is 12.0. The Morgan fingerprint density at radius 1 is 1.15 bits per heavy atom. The molecule has 5 nitrogen and oxygen atoms in total. The molecule has 0 saturated carbocycles. The Kier molecular flexibility index (Phi) is 4.17. The molecule has 5 heteroatoms. The molecule has 1 unspecified atom stereocenters. The number of nitrogens with one attached hydrogen (secondary N) is 1. The number of rotatable bonds is 1. The van der Waals surface area contributed by atoms with Crippen LogP contribution < -0.4 is 10.2 Å². The van der Waals surface area contributed by atoms with E-state index in [4.69, 9.17) is 0 Å². The molecule has 0 aliphatic carbocycles. The zero-order valence-corrected chi connectivity index (χ0v) is 11.7. The van der Waals surface area contributed by atoms with Gasteiger partial charge in [0.2, 0.25) is 17.7 Å². The van der Waals surface area contributed by atoms with Crippen LogP contribution in [0.3, 0.4) is 0 Å². The highest BCUT2D eigenvalue weighted by Gasteiger charge is 2.39. The molecule has 1 fully saturated rings. The number of carbonyl (C=O) groups excluding carboxylic acids is 3. The molecule has 2 aliphatic heterocycles. The van der Waals surface area contributed by atoms with Crippen molar-refractivity contribution in [1.29, 1.82) is 0 Å². The van der Waals surface area contributed by atoms with Gasteiger partial charge in [-0.05, 0) is 18.1 Å². The van der Waals surface area contributed by atoms with E-state index < -0.39 is 6.04 Å². The van der Waals surface area contributed by atoms with E-state index in [1.807, 2.05) is 38.1 Å². The number of anilines is 1. The van der Waals surface area contributed by atoms with Gasteiger partial charge in [0.1, 0.15) is 6.04 Å². The number of carbonyl (C=O) groups is 3.